The van der Waals surface area contributed by atoms with Crippen LogP contribution in [0.1, 0.15) is 5.01 Å². The fourth-order valence-electron chi connectivity index (χ4n) is 1.87. The van der Waals surface area contributed by atoms with E-state index in [-0.39, 0.29) is 5.43 Å². The summed E-state index contributed by atoms with van der Waals surface area (Å²) < 4.78 is 13.2. The van der Waals surface area contributed by atoms with Crippen molar-refractivity contribution >= 4 is 22.2 Å². The van der Waals surface area contributed by atoms with Crippen LogP contribution in [0.25, 0.3) is 22.2 Å². The lowest BCUT2D eigenvalue weighted by atomic mass is 10.1. The molecule has 0 aliphatic heterocycles. The molecule has 0 aliphatic carbocycles. The first-order chi connectivity index (χ1) is 8.65. The average Bonchev–Trinajstić information content (AvgIpc) is 2.77. The van der Waals surface area contributed by atoms with Crippen molar-refractivity contribution in [1.29, 1.82) is 0 Å². The van der Waals surface area contributed by atoms with Crippen molar-refractivity contribution in [2.75, 3.05) is 0 Å². The van der Waals surface area contributed by atoms with Gasteiger partial charge < -0.3 is 4.98 Å². The minimum absolute atomic E-state index is 0.200. The van der Waals surface area contributed by atoms with E-state index in [1.165, 1.54) is 23.5 Å². The largest absolute Gasteiger partial charge is 0.360 e. The van der Waals surface area contributed by atoms with E-state index in [2.05, 4.69) is 9.97 Å². The summed E-state index contributed by atoms with van der Waals surface area (Å²) in [6.45, 7) is 1.88. The molecule has 2 aromatic heterocycles. The van der Waals surface area contributed by atoms with E-state index in [9.17, 15) is 9.18 Å². The van der Waals surface area contributed by atoms with Gasteiger partial charge in [0.05, 0.1) is 16.3 Å². The monoisotopic (exact) mass is 260 g/mol. The predicted octanol–water partition coefficient (Wildman–Crippen LogP) is 3.10. The van der Waals surface area contributed by atoms with Crippen LogP contribution >= 0.6 is 11.3 Å². The molecule has 0 fully saturated rings. The molecule has 3 aromatic rings. The highest BCUT2D eigenvalue weighted by atomic mass is 32.1. The molecule has 1 N–H and O–H groups in total. The number of halogens is 1. The maximum absolute atomic E-state index is 13.2. The first kappa shape index (κ1) is 11.1. The number of hydrogen-bond donors (Lipinski definition) is 1. The third kappa shape index (κ3) is 1.73. The van der Waals surface area contributed by atoms with Gasteiger partial charge in [0.15, 0.2) is 5.43 Å². The maximum atomic E-state index is 13.2. The first-order valence-corrected chi connectivity index (χ1v) is 6.26. The van der Waals surface area contributed by atoms with Crippen molar-refractivity contribution in [3.63, 3.8) is 0 Å². The average molecular weight is 260 g/mol. The zero-order valence-electron chi connectivity index (χ0n) is 9.53. The summed E-state index contributed by atoms with van der Waals surface area (Å²) in [5.74, 6) is -0.417. The van der Waals surface area contributed by atoms with Gasteiger partial charge in [-0.05, 0) is 25.1 Å². The Morgan fingerprint density at radius 2 is 2.22 bits per heavy atom. The first-order valence-electron chi connectivity index (χ1n) is 5.38. The second-order valence-electron chi connectivity index (χ2n) is 3.97. The van der Waals surface area contributed by atoms with E-state index in [0.29, 0.717) is 22.2 Å². The van der Waals surface area contributed by atoms with Crippen LogP contribution in [-0.4, -0.2) is 9.97 Å². The van der Waals surface area contributed by atoms with Crippen LogP contribution in [0.15, 0.2) is 34.6 Å². The molecule has 0 radical (unpaired) electrons. The topological polar surface area (TPSA) is 45.8 Å². The number of H-pyrrole nitrogens is 1. The van der Waals surface area contributed by atoms with E-state index in [1.54, 1.807) is 12.3 Å². The number of aromatic nitrogens is 2. The van der Waals surface area contributed by atoms with Crippen LogP contribution in [0.3, 0.4) is 0 Å². The number of fused-ring (bicyclic) bond motifs is 1. The number of nitrogens with one attached hydrogen (secondary N) is 1. The molecule has 3 rings (SSSR count). The van der Waals surface area contributed by atoms with E-state index in [0.717, 1.165) is 5.01 Å². The minimum atomic E-state index is -0.417. The van der Waals surface area contributed by atoms with Crippen molar-refractivity contribution in [2.45, 2.75) is 6.92 Å². The normalized spacial score (nSPS) is 11.0. The Labute approximate surface area is 106 Å². The van der Waals surface area contributed by atoms with Crippen LogP contribution in [0.2, 0.25) is 0 Å². The lowest BCUT2D eigenvalue weighted by molar-refractivity contribution is 0.629. The molecule has 3 nitrogen and oxygen atoms in total. The van der Waals surface area contributed by atoms with Crippen LogP contribution in [0.4, 0.5) is 4.39 Å². The zero-order valence-corrected chi connectivity index (χ0v) is 10.3. The van der Waals surface area contributed by atoms with Crippen LogP contribution in [-0.2, 0) is 0 Å². The van der Waals surface area contributed by atoms with E-state index >= 15 is 0 Å². The fraction of sp³-hybridized carbons (Fsp3) is 0.0769. The summed E-state index contributed by atoms with van der Waals surface area (Å²) >= 11 is 1.48. The lowest BCUT2D eigenvalue weighted by Crippen LogP contribution is -2.06. The van der Waals surface area contributed by atoms with E-state index < -0.39 is 5.82 Å². The van der Waals surface area contributed by atoms with Crippen LogP contribution in [0, 0.1) is 12.7 Å². The minimum Gasteiger partial charge on any atom is -0.360 e. The highest BCUT2D eigenvalue weighted by molar-refractivity contribution is 7.09. The van der Waals surface area contributed by atoms with E-state index in [1.807, 2.05) is 12.3 Å². The van der Waals surface area contributed by atoms with Crippen molar-refractivity contribution < 1.29 is 4.39 Å². The summed E-state index contributed by atoms with van der Waals surface area (Å²) in [5.41, 5.74) is 1.52. The van der Waals surface area contributed by atoms with Gasteiger partial charge in [0, 0.05) is 22.5 Å². The molecule has 0 unspecified atom stereocenters. The summed E-state index contributed by atoms with van der Waals surface area (Å²) in [7, 11) is 0. The Morgan fingerprint density at radius 1 is 1.39 bits per heavy atom. The molecule has 0 bridgehead atoms. The van der Waals surface area contributed by atoms with Gasteiger partial charge in [-0.25, -0.2) is 9.37 Å². The molecule has 0 aliphatic rings. The molecule has 0 saturated carbocycles. The van der Waals surface area contributed by atoms with Gasteiger partial charge in [-0.15, -0.1) is 11.3 Å². The van der Waals surface area contributed by atoms with Gasteiger partial charge in [-0.3, -0.25) is 4.79 Å². The number of rotatable bonds is 1. The van der Waals surface area contributed by atoms with Gasteiger partial charge >= 0.3 is 0 Å². The Morgan fingerprint density at radius 3 is 2.94 bits per heavy atom. The molecule has 2 heterocycles. The summed E-state index contributed by atoms with van der Waals surface area (Å²) in [6.07, 6.45) is 1.62. The lowest BCUT2D eigenvalue weighted by Gasteiger charge is -2.01. The van der Waals surface area contributed by atoms with Crippen molar-refractivity contribution in [3.05, 3.63) is 50.8 Å². The van der Waals surface area contributed by atoms with Gasteiger partial charge in [-0.1, -0.05) is 0 Å². The van der Waals surface area contributed by atoms with Gasteiger partial charge in [0.2, 0.25) is 0 Å². The molecular formula is C13H9FN2OS. The van der Waals surface area contributed by atoms with Gasteiger partial charge in [0.1, 0.15) is 5.82 Å². The van der Waals surface area contributed by atoms with Gasteiger partial charge in [0.25, 0.3) is 0 Å². The predicted molar refractivity (Wildman–Crippen MR) is 70.4 cm³/mol. The number of pyridine rings is 1. The van der Waals surface area contributed by atoms with Gasteiger partial charge in [-0.2, -0.15) is 0 Å². The van der Waals surface area contributed by atoms with E-state index in [4.69, 9.17) is 0 Å². The number of aromatic amines is 1. The zero-order chi connectivity index (χ0) is 12.7. The third-order valence-electron chi connectivity index (χ3n) is 2.74. The number of benzene rings is 1. The Balaban J connectivity index is 2.32. The fourth-order valence-corrected chi connectivity index (χ4v) is 2.48. The second kappa shape index (κ2) is 4.03. The molecule has 18 heavy (non-hydrogen) atoms. The molecule has 1 aromatic carbocycles. The second-order valence-corrected chi connectivity index (χ2v) is 5.04. The smallest absolute Gasteiger partial charge is 0.198 e. The molecule has 90 valence electrons. The summed E-state index contributed by atoms with van der Waals surface area (Å²) in [4.78, 5) is 19.5. The van der Waals surface area contributed by atoms with Crippen molar-refractivity contribution in [3.8, 4) is 11.3 Å². The number of aryl methyl sites for hydroxylation is 1. The highest BCUT2D eigenvalue weighted by Crippen LogP contribution is 2.20. The standard InChI is InChI=1S/C13H9FN2OS/c1-7-16-12(6-18-7)10-5-15-11-3-2-8(14)4-9(11)13(10)17/h2-6H,1H3,(H,15,17). The van der Waals surface area contributed by atoms with Crippen molar-refractivity contribution in [1.82, 2.24) is 9.97 Å². The third-order valence-corrected chi connectivity index (χ3v) is 3.51. The Hall–Kier alpha value is -2.01. The summed E-state index contributed by atoms with van der Waals surface area (Å²) in [5, 5.41) is 3.06. The quantitative estimate of drug-likeness (QED) is 0.730. The summed E-state index contributed by atoms with van der Waals surface area (Å²) in [6, 6.07) is 4.13. The molecule has 0 amide bonds. The number of nitrogens with zero attached hydrogens (tertiary/aromatic N) is 1. The number of thiazole rings is 1. The van der Waals surface area contributed by atoms with Crippen LogP contribution < -0.4 is 5.43 Å². The van der Waals surface area contributed by atoms with Crippen molar-refractivity contribution in [2.24, 2.45) is 0 Å². The SMILES string of the molecule is Cc1nc(-c2c[nH]c3ccc(F)cc3c2=O)cs1. The maximum Gasteiger partial charge on any atom is 0.198 e. The number of hydrogen-bond acceptors (Lipinski definition) is 3. The molecule has 0 atom stereocenters. The van der Waals surface area contributed by atoms with Crippen LogP contribution in [0.5, 0.6) is 0 Å². The molecular weight excluding hydrogens is 251 g/mol. The molecule has 5 heteroatoms. The molecule has 0 spiro atoms. The Kier molecular flexibility index (Phi) is 2.48. The Bertz CT molecular complexity index is 791. The molecule has 0 saturated heterocycles. The highest BCUT2D eigenvalue weighted by Gasteiger charge is 2.10.